The normalized spacial score (nSPS) is 17.3. The number of aromatic amines is 1. The smallest absolute Gasteiger partial charge is 0.444 e. The lowest BCUT2D eigenvalue weighted by molar-refractivity contribution is -0.118. The first-order chi connectivity index (χ1) is 22.5. The summed E-state index contributed by atoms with van der Waals surface area (Å²) in [4.78, 5) is 43.1. The molecule has 3 N–H and O–H groups in total. The van der Waals surface area contributed by atoms with Gasteiger partial charge in [-0.2, -0.15) is 0 Å². The van der Waals surface area contributed by atoms with Crippen LogP contribution in [0.5, 0.6) is 5.88 Å². The number of nitrogens with one attached hydrogen (secondary N) is 3. The Bertz CT molecular complexity index is 1770. The van der Waals surface area contributed by atoms with Gasteiger partial charge in [0.15, 0.2) is 5.78 Å². The van der Waals surface area contributed by atoms with Gasteiger partial charge in [0.05, 0.1) is 11.3 Å². The molecule has 1 aliphatic carbocycles. The number of pyridine rings is 1. The van der Waals surface area contributed by atoms with E-state index in [-0.39, 0.29) is 36.0 Å². The number of halogens is 1. The van der Waals surface area contributed by atoms with Crippen LogP contribution in [-0.4, -0.2) is 52.0 Å². The number of allylic oxidation sites excluding steroid dienone is 3. The molecule has 0 spiro atoms. The van der Waals surface area contributed by atoms with E-state index in [2.05, 4.69) is 25.8 Å². The molecule has 12 heteroatoms. The molecule has 3 aromatic rings. The number of amides is 1. The Balaban J connectivity index is 1.34. The van der Waals surface area contributed by atoms with E-state index >= 15 is 0 Å². The van der Waals surface area contributed by atoms with Crippen molar-refractivity contribution in [3.8, 4) is 17.0 Å². The Morgan fingerprint density at radius 3 is 2.56 bits per heavy atom. The van der Waals surface area contributed by atoms with Crippen LogP contribution in [0.15, 0.2) is 59.9 Å². The first-order valence-electron chi connectivity index (χ1n) is 15.8. The van der Waals surface area contributed by atoms with Crippen molar-refractivity contribution in [2.75, 3.05) is 18.5 Å². The lowest BCUT2D eigenvalue weighted by Crippen LogP contribution is -2.40. The summed E-state index contributed by atoms with van der Waals surface area (Å²) in [5.74, 6) is -0.463. The Morgan fingerprint density at radius 1 is 1.10 bits per heavy atom. The molecule has 0 saturated heterocycles. The number of nitrogens with zero attached hydrogens (tertiary/aromatic N) is 2. The number of benzene rings is 1. The topological polar surface area (TPSA) is 145 Å². The fourth-order valence-corrected chi connectivity index (χ4v) is 5.67. The molecule has 1 aromatic carbocycles. The van der Waals surface area contributed by atoms with Crippen molar-refractivity contribution in [3.05, 3.63) is 77.0 Å². The summed E-state index contributed by atoms with van der Waals surface area (Å²) in [7, 11) is 0. The van der Waals surface area contributed by atoms with Gasteiger partial charge < -0.3 is 24.8 Å². The van der Waals surface area contributed by atoms with Crippen LogP contribution in [0.3, 0.4) is 0 Å². The van der Waals surface area contributed by atoms with Gasteiger partial charge in [-0.3, -0.25) is 14.9 Å². The molecule has 1 unspecified atom stereocenters. The van der Waals surface area contributed by atoms with Crippen LogP contribution in [-0.2, 0) is 14.3 Å². The number of fused-ring (bicyclic) bond motifs is 1. The molecule has 2 aliphatic rings. The molecule has 0 bridgehead atoms. The Hall–Kier alpha value is -5.00. The number of alkyl carbamates (subject to hydrolysis) is 1. The number of Topliss-reactive ketones (excluding diaryl/α,β-unsaturated/α-hetero) is 1. The molecule has 1 amide bonds. The third-order valence-corrected chi connectivity index (χ3v) is 7.86. The first kappa shape index (κ1) is 34.3. The standard InChI is InChI=1S/C36H42FN5O6/c1-34(2,3)48-32(44)39-19-36(6,7)20-46-33(45)47-31-29-25(28-26(40-30(29)41-42-31)16-35(4,5)17-27(28)43)14-13-24-12-11-22(18-38-24)21-9-8-10-23(37)15-21/h8-15,18,25H,16-17,19-20H2,1-7H3,(H,39,44)(H2,40,41,42)/b14-13+. The van der Waals surface area contributed by atoms with E-state index in [0.717, 1.165) is 11.3 Å². The molecule has 1 aliphatic heterocycles. The summed E-state index contributed by atoms with van der Waals surface area (Å²) < 4.78 is 30.0. The summed E-state index contributed by atoms with van der Waals surface area (Å²) in [6, 6.07) is 9.94. The van der Waals surface area contributed by atoms with Gasteiger partial charge in [-0.25, -0.2) is 14.0 Å². The van der Waals surface area contributed by atoms with Crippen molar-refractivity contribution in [1.82, 2.24) is 20.5 Å². The van der Waals surface area contributed by atoms with Crippen LogP contribution in [0.2, 0.25) is 0 Å². The Kier molecular flexibility index (Phi) is 9.48. The van der Waals surface area contributed by atoms with Crippen LogP contribution in [0.25, 0.3) is 17.2 Å². The van der Waals surface area contributed by atoms with Crippen LogP contribution in [0.4, 0.5) is 19.8 Å². The summed E-state index contributed by atoms with van der Waals surface area (Å²) in [6.07, 6.45) is 4.74. The molecular weight excluding hydrogens is 617 g/mol. The van der Waals surface area contributed by atoms with Crippen molar-refractivity contribution in [1.29, 1.82) is 0 Å². The van der Waals surface area contributed by atoms with Crippen molar-refractivity contribution >= 4 is 29.9 Å². The van der Waals surface area contributed by atoms with Crippen molar-refractivity contribution in [3.63, 3.8) is 0 Å². The number of hydrogen-bond donors (Lipinski definition) is 3. The molecule has 1 atom stereocenters. The molecule has 5 rings (SSSR count). The highest BCUT2D eigenvalue weighted by Crippen LogP contribution is 2.49. The van der Waals surface area contributed by atoms with E-state index in [1.807, 2.05) is 52.0 Å². The monoisotopic (exact) mass is 659 g/mol. The highest BCUT2D eigenvalue weighted by molar-refractivity contribution is 6.01. The van der Waals surface area contributed by atoms with E-state index in [9.17, 15) is 18.8 Å². The minimum atomic E-state index is -0.983. The minimum Gasteiger partial charge on any atom is -0.444 e. The van der Waals surface area contributed by atoms with Crippen LogP contribution < -0.4 is 15.4 Å². The molecule has 3 heterocycles. The van der Waals surface area contributed by atoms with E-state index < -0.39 is 29.2 Å². The zero-order chi connectivity index (χ0) is 34.9. The minimum absolute atomic E-state index is 0.0163. The molecule has 2 aromatic heterocycles. The van der Waals surface area contributed by atoms with Gasteiger partial charge in [0, 0.05) is 47.3 Å². The van der Waals surface area contributed by atoms with Gasteiger partial charge in [0.25, 0.3) is 5.88 Å². The molecule has 0 saturated carbocycles. The number of ketones is 1. The maximum atomic E-state index is 13.7. The maximum absolute atomic E-state index is 13.7. The van der Waals surface area contributed by atoms with Gasteiger partial charge in [0.2, 0.25) is 0 Å². The van der Waals surface area contributed by atoms with E-state index in [1.54, 1.807) is 39.1 Å². The molecule has 11 nitrogen and oxygen atoms in total. The molecule has 0 radical (unpaired) electrons. The lowest BCUT2D eigenvalue weighted by atomic mass is 9.70. The quantitative estimate of drug-likeness (QED) is 0.209. The molecule has 0 fully saturated rings. The largest absolute Gasteiger partial charge is 0.515 e. The second-order valence-electron chi connectivity index (χ2n) is 14.8. The number of anilines is 1. The van der Waals surface area contributed by atoms with Crippen molar-refractivity contribution < 1.29 is 33.0 Å². The maximum Gasteiger partial charge on any atom is 0.515 e. The zero-order valence-electron chi connectivity index (χ0n) is 28.3. The third-order valence-electron chi connectivity index (χ3n) is 7.86. The summed E-state index contributed by atoms with van der Waals surface area (Å²) in [5, 5.41) is 13.2. The van der Waals surface area contributed by atoms with E-state index in [4.69, 9.17) is 14.2 Å². The van der Waals surface area contributed by atoms with Gasteiger partial charge in [-0.15, -0.1) is 5.10 Å². The summed E-state index contributed by atoms with van der Waals surface area (Å²) >= 11 is 0. The van der Waals surface area contributed by atoms with Gasteiger partial charge in [0.1, 0.15) is 23.8 Å². The number of aromatic nitrogens is 3. The highest BCUT2D eigenvalue weighted by atomic mass is 19.1. The number of carbonyl (C=O) groups is 3. The Labute approximate surface area is 279 Å². The highest BCUT2D eigenvalue weighted by Gasteiger charge is 2.42. The molecule has 254 valence electrons. The Morgan fingerprint density at radius 2 is 1.88 bits per heavy atom. The number of H-pyrrole nitrogens is 1. The fourth-order valence-electron chi connectivity index (χ4n) is 5.67. The molecule has 48 heavy (non-hydrogen) atoms. The van der Waals surface area contributed by atoms with Gasteiger partial charge in [-0.05, 0) is 62.4 Å². The van der Waals surface area contributed by atoms with Crippen molar-refractivity contribution in [2.45, 2.75) is 72.8 Å². The SMILES string of the molecule is CC(C)(CNC(=O)OC(C)(C)C)COC(=O)Oc1n[nH]c2c1C(/C=C/c1ccc(-c3cccc(F)c3)cn1)C1=C(CC(C)(C)CC1=O)N2. The van der Waals surface area contributed by atoms with Gasteiger partial charge in [-0.1, -0.05) is 52.0 Å². The second-order valence-corrected chi connectivity index (χ2v) is 14.8. The van der Waals surface area contributed by atoms with E-state index in [1.165, 1.54) is 12.1 Å². The first-order valence-corrected chi connectivity index (χ1v) is 15.8. The summed E-state index contributed by atoms with van der Waals surface area (Å²) in [6.45, 7) is 13.2. The average molecular weight is 660 g/mol. The average Bonchev–Trinajstić information content (AvgIpc) is 3.38. The van der Waals surface area contributed by atoms with Gasteiger partial charge >= 0.3 is 12.2 Å². The van der Waals surface area contributed by atoms with Crippen molar-refractivity contribution in [2.24, 2.45) is 10.8 Å². The van der Waals surface area contributed by atoms with Crippen LogP contribution in [0.1, 0.15) is 78.5 Å². The van der Waals surface area contributed by atoms with Crippen LogP contribution in [0, 0.1) is 16.6 Å². The number of carbonyl (C=O) groups excluding carboxylic acids is 3. The second kappa shape index (κ2) is 13.2. The lowest BCUT2D eigenvalue weighted by Gasteiger charge is -2.37. The number of rotatable bonds is 8. The number of ether oxygens (including phenoxy) is 3. The third kappa shape index (κ3) is 8.47. The molecular formula is C36H42FN5O6. The summed E-state index contributed by atoms with van der Waals surface area (Å²) in [5.41, 5.74) is 2.42. The zero-order valence-corrected chi connectivity index (χ0v) is 28.3. The van der Waals surface area contributed by atoms with E-state index in [0.29, 0.717) is 41.1 Å². The number of hydrogen-bond acceptors (Lipinski definition) is 9. The predicted octanol–water partition coefficient (Wildman–Crippen LogP) is 7.54. The van der Waals surface area contributed by atoms with Crippen LogP contribution >= 0.6 is 0 Å². The predicted molar refractivity (Wildman–Crippen MR) is 179 cm³/mol. The fraction of sp³-hybridized carbons (Fsp3) is 0.417.